The van der Waals surface area contributed by atoms with Crippen LogP contribution in [0.2, 0.25) is 5.02 Å². The van der Waals surface area contributed by atoms with Gasteiger partial charge in [0, 0.05) is 17.0 Å². The lowest BCUT2D eigenvalue weighted by Crippen LogP contribution is -2.17. The smallest absolute Gasteiger partial charge is 0.275 e. The van der Waals surface area contributed by atoms with E-state index in [4.69, 9.17) is 11.6 Å². The number of hydrazone groups is 1. The van der Waals surface area contributed by atoms with Gasteiger partial charge in [-0.2, -0.15) is 5.10 Å². The minimum atomic E-state index is -0.473. The van der Waals surface area contributed by atoms with Crippen LogP contribution in [0.5, 0.6) is 5.75 Å². The molecule has 0 aliphatic rings. The first-order valence-corrected chi connectivity index (χ1v) is 8.42. The van der Waals surface area contributed by atoms with Gasteiger partial charge < -0.3 is 9.67 Å². The summed E-state index contributed by atoms with van der Waals surface area (Å²) >= 11 is 6.31. The third-order valence-electron chi connectivity index (χ3n) is 4.08. The van der Waals surface area contributed by atoms with Crippen LogP contribution in [0.1, 0.15) is 27.3 Å². The second-order valence-electron chi connectivity index (χ2n) is 5.83. The second kappa shape index (κ2) is 7.45. The van der Waals surface area contributed by atoms with Gasteiger partial charge in [0.15, 0.2) is 0 Å². The molecule has 5 nitrogen and oxygen atoms in total. The Kier molecular flexibility index (Phi) is 5.09. The van der Waals surface area contributed by atoms with Crippen molar-refractivity contribution in [1.29, 1.82) is 0 Å². The summed E-state index contributed by atoms with van der Waals surface area (Å²) in [5, 5.41) is 14.4. The minimum Gasteiger partial charge on any atom is -0.507 e. The van der Waals surface area contributed by atoms with Crippen LogP contribution in [0.3, 0.4) is 0 Å². The molecule has 3 aromatic rings. The van der Waals surface area contributed by atoms with Crippen LogP contribution in [0.15, 0.2) is 59.7 Å². The lowest BCUT2D eigenvalue weighted by molar-refractivity contribution is 0.0952. The molecule has 1 aromatic heterocycles. The Morgan fingerprint density at radius 2 is 1.85 bits per heavy atom. The number of phenols is 1. The number of hydrogen-bond donors (Lipinski definition) is 2. The lowest BCUT2D eigenvalue weighted by atomic mass is 10.2. The zero-order valence-electron chi connectivity index (χ0n) is 14.4. The molecule has 6 heteroatoms. The fourth-order valence-corrected chi connectivity index (χ4v) is 3.03. The summed E-state index contributed by atoms with van der Waals surface area (Å²) in [6.07, 6.45) is 1.58. The number of carbonyl (C=O) groups excluding carboxylic acids is 1. The van der Waals surface area contributed by atoms with Crippen molar-refractivity contribution in [3.05, 3.63) is 82.1 Å². The van der Waals surface area contributed by atoms with Gasteiger partial charge in [-0.25, -0.2) is 5.43 Å². The van der Waals surface area contributed by atoms with E-state index in [-0.39, 0.29) is 11.3 Å². The number of nitrogens with one attached hydrogen (secondary N) is 1. The summed E-state index contributed by atoms with van der Waals surface area (Å²) in [4.78, 5) is 12.1. The van der Waals surface area contributed by atoms with Crippen LogP contribution in [-0.2, 0) is 0 Å². The topological polar surface area (TPSA) is 66.6 Å². The molecular formula is C20H18ClN3O2. The maximum atomic E-state index is 12.1. The van der Waals surface area contributed by atoms with Crippen molar-refractivity contribution in [2.45, 2.75) is 13.8 Å². The summed E-state index contributed by atoms with van der Waals surface area (Å²) in [6.45, 7) is 3.94. The number of para-hydroxylation sites is 2. The number of hydrogen-bond acceptors (Lipinski definition) is 3. The molecule has 2 N–H and O–H groups in total. The summed E-state index contributed by atoms with van der Waals surface area (Å²) < 4.78 is 2.04. The summed E-state index contributed by atoms with van der Waals surface area (Å²) in [5.41, 5.74) is 6.31. The van der Waals surface area contributed by atoms with E-state index in [0.717, 1.165) is 22.6 Å². The average molecular weight is 368 g/mol. The van der Waals surface area contributed by atoms with Gasteiger partial charge in [-0.05, 0) is 44.2 Å². The highest BCUT2D eigenvalue weighted by molar-refractivity contribution is 6.32. The Balaban J connectivity index is 1.82. The largest absolute Gasteiger partial charge is 0.507 e. The van der Waals surface area contributed by atoms with E-state index in [0.29, 0.717) is 5.02 Å². The van der Waals surface area contributed by atoms with Gasteiger partial charge in [0.05, 0.1) is 22.5 Å². The molecule has 0 saturated carbocycles. The van der Waals surface area contributed by atoms with Crippen molar-refractivity contribution >= 4 is 23.7 Å². The zero-order valence-corrected chi connectivity index (χ0v) is 15.2. The minimum absolute atomic E-state index is 0.0860. The van der Waals surface area contributed by atoms with Gasteiger partial charge >= 0.3 is 0 Å². The van der Waals surface area contributed by atoms with Gasteiger partial charge in [-0.1, -0.05) is 35.9 Å². The molecule has 2 aromatic carbocycles. The average Bonchev–Trinajstić information content (AvgIpc) is 2.90. The van der Waals surface area contributed by atoms with E-state index in [9.17, 15) is 9.90 Å². The summed E-state index contributed by atoms with van der Waals surface area (Å²) in [6, 6.07) is 15.9. The van der Waals surface area contributed by atoms with Crippen LogP contribution >= 0.6 is 11.6 Å². The van der Waals surface area contributed by atoms with Crippen LogP contribution < -0.4 is 5.43 Å². The van der Waals surface area contributed by atoms with Gasteiger partial charge in [0.1, 0.15) is 5.75 Å². The molecule has 0 radical (unpaired) electrons. The highest BCUT2D eigenvalue weighted by Crippen LogP contribution is 2.25. The Morgan fingerprint density at radius 1 is 1.15 bits per heavy atom. The van der Waals surface area contributed by atoms with Crippen LogP contribution in [0.4, 0.5) is 0 Å². The monoisotopic (exact) mass is 367 g/mol. The van der Waals surface area contributed by atoms with E-state index in [2.05, 4.69) is 10.5 Å². The molecule has 0 bridgehead atoms. The van der Waals surface area contributed by atoms with Gasteiger partial charge in [-0.3, -0.25) is 4.79 Å². The maximum Gasteiger partial charge on any atom is 0.275 e. The fourth-order valence-electron chi connectivity index (χ4n) is 2.81. The Bertz CT molecular complexity index is 992. The molecule has 0 unspecified atom stereocenters. The van der Waals surface area contributed by atoms with Crippen molar-refractivity contribution in [2.24, 2.45) is 5.10 Å². The van der Waals surface area contributed by atoms with E-state index >= 15 is 0 Å². The molecule has 0 aliphatic carbocycles. The maximum absolute atomic E-state index is 12.1. The fraction of sp³-hybridized carbons (Fsp3) is 0.100. The molecule has 1 amide bonds. The highest BCUT2D eigenvalue weighted by atomic mass is 35.5. The first-order chi connectivity index (χ1) is 12.5. The second-order valence-corrected chi connectivity index (χ2v) is 6.24. The summed E-state index contributed by atoms with van der Waals surface area (Å²) in [5.74, 6) is -0.559. The highest BCUT2D eigenvalue weighted by Gasteiger charge is 2.12. The van der Waals surface area contributed by atoms with Crippen molar-refractivity contribution in [3.63, 3.8) is 0 Å². The Hall–Kier alpha value is -3.05. The van der Waals surface area contributed by atoms with Crippen LogP contribution in [0.25, 0.3) is 5.69 Å². The Morgan fingerprint density at radius 3 is 2.58 bits per heavy atom. The predicted molar refractivity (Wildman–Crippen MR) is 103 cm³/mol. The van der Waals surface area contributed by atoms with Gasteiger partial charge in [0.25, 0.3) is 5.91 Å². The number of aryl methyl sites for hydroxylation is 1. The predicted octanol–water partition coefficient (Wildman–Crippen LogP) is 4.22. The number of amides is 1. The van der Waals surface area contributed by atoms with Crippen molar-refractivity contribution in [1.82, 2.24) is 9.99 Å². The van der Waals surface area contributed by atoms with Crippen molar-refractivity contribution < 1.29 is 9.90 Å². The van der Waals surface area contributed by atoms with E-state index in [1.807, 2.05) is 48.7 Å². The third-order valence-corrected chi connectivity index (χ3v) is 4.40. The number of carbonyl (C=O) groups is 1. The molecule has 132 valence electrons. The van der Waals surface area contributed by atoms with E-state index in [1.54, 1.807) is 18.3 Å². The molecular weight excluding hydrogens is 350 g/mol. The van der Waals surface area contributed by atoms with Crippen LogP contribution in [0, 0.1) is 13.8 Å². The van der Waals surface area contributed by atoms with Gasteiger partial charge in [-0.15, -0.1) is 0 Å². The normalized spacial score (nSPS) is 11.0. The zero-order chi connectivity index (χ0) is 18.7. The SMILES string of the molecule is Cc1cc(/C=N/NC(=O)c2ccccc2O)c(C)n1-c1ccccc1Cl. The molecule has 0 fully saturated rings. The van der Waals surface area contributed by atoms with E-state index < -0.39 is 5.91 Å². The number of halogens is 1. The number of benzene rings is 2. The molecule has 0 spiro atoms. The summed E-state index contributed by atoms with van der Waals surface area (Å²) in [7, 11) is 0. The number of rotatable bonds is 4. The van der Waals surface area contributed by atoms with Crippen molar-refractivity contribution in [2.75, 3.05) is 0 Å². The first-order valence-electron chi connectivity index (χ1n) is 8.04. The van der Waals surface area contributed by atoms with E-state index in [1.165, 1.54) is 12.1 Å². The number of phenolic OH excluding ortho intramolecular Hbond substituents is 1. The van der Waals surface area contributed by atoms with Gasteiger partial charge in [0.2, 0.25) is 0 Å². The third kappa shape index (κ3) is 3.48. The van der Waals surface area contributed by atoms with Crippen LogP contribution in [-0.4, -0.2) is 21.8 Å². The Labute approximate surface area is 156 Å². The molecule has 0 atom stereocenters. The molecule has 26 heavy (non-hydrogen) atoms. The van der Waals surface area contributed by atoms with Crippen molar-refractivity contribution in [3.8, 4) is 11.4 Å². The quantitative estimate of drug-likeness (QED) is 0.535. The number of nitrogens with zero attached hydrogens (tertiary/aromatic N) is 2. The molecule has 1 heterocycles. The number of aromatic hydroxyl groups is 1. The standard InChI is InChI=1S/C20H18ClN3O2/c1-13-11-15(14(2)24(13)18-9-5-4-8-17(18)21)12-22-23-20(26)16-7-3-6-10-19(16)25/h3-12,25H,1-2H3,(H,23,26)/b22-12+. The first kappa shape index (κ1) is 17.8. The molecule has 0 aliphatic heterocycles. The lowest BCUT2D eigenvalue weighted by Gasteiger charge is -2.11. The molecule has 3 rings (SSSR count). The number of aromatic nitrogens is 1. The molecule has 0 saturated heterocycles.